The molecule has 0 saturated carbocycles. The van der Waals surface area contributed by atoms with Gasteiger partial charge in [-0.3, -0.25) is 0 Å². The number of aliphatic hydroxyl groups excluding tert-OH is 1. The highest BCUT2D eigenvalue weighted by molar-refractivity contribution is 5.27. The first kappa shape index (κ1) is 29.9. The van der Waals surface area contributed by atoms with Crippen LogP contribution in [0.2, 0.25) is 0 Å². The van der Waals surface area contributed by atoms with Crippen molar-refractivity contribution >= 4 is 0 Å². The number of hydrogen-bond donors (Lipinski definition) is 4. The van der Waals surface area contributed by atoms with Crippen molar-refractivity contribution in [2.24, 2.45) is 11.8 Å². The molecular weight excluding hydrogens is 388 g/mol. The lowest BCUT2D eigenvalue weighted by Gasteiger charge is -2.41. The summed E-state index contributed by atoms with van der Waals surface area (Å²) < 4.78 is 5.12. The lowest BCUT2D eigenvalue weighted by molar-refractivity contribution is -0.0729. The van der Waals surface area contributed by atoms with Gasteiger partial charge in [-0.05, 0) is 74.7 Å². The number of benzene rings is 1. The van der Waals surface area contributed by atoms with E-state index < -0.39 is 5.60 Å². The van der Waals surface area contributed by atoms with Gasteiger partial charge in [0.2, 0.25) is 0 Å². The predicted molar refractivity (Wildman–Crippen MR) is 133 cm³/mol. The smallest absolute Gasteiger partial charge is 0.118 e. The lowest BCUT2D eigenvalue weighted by Crippen LogP contribution is -2.55. The quantitative estimate of drug-likeness (QED) is 0.530. The van der Waals surface area contributed by atoms with Crippen LogP contribution in [0.5, 0.6) is 5.75 Å². The standard InChI is InChI=1S/C12H17NO.C11H23NO.C2H6.CH4O/c1-14-12-6-4-10(5-7-12)9-11-3-2-8-13-11;1-8(2)11(13,9(3)4)10-6-5-7-12-10;2*1-2/h4-7,11,13H,2-3,8-9H2,1H3;8-10,12-13H,5-7H2,1-4H3;1-2H3;2H,1H3. The molecule has 4 N–H and O–H groups in total. The van der Waals surface area contributed by atoms with Crippen LogP contribution in [0.3, 0.4) is 0 Å². The zero-order valence-corrected chi connectivity index (χ0v) is 21.4. The number of hydrogen-bond acceptors (Lipinski definition) is 5. The van der Waals surface area contributed by atoms with Crippen LogP contribution in [-0.4, -0.2) is 55.2 Å². The summed E-state index contributed by atoms with van der Waals surface area (Å²) >= 11 is 0. The Morgan fingerprint density at radius 3 is 1.84 bits per heavy atom. The molecule has 2 saturated heterocycles. The van der Waals surface area contributed by atoms with Gasteiger partial charge >= 0.3 is 0 Å². The highest BCUT2D eigenvalue weighted by atomic mass is 16.5. The summed E-state index contributed by atoms with van der Waals surface area (Å²) in [5, 5.41) is 24.5. The molecule has 0 aliphatic carbocycles. The van der Waals surface area contributed by atoms with Gasteiger partial charge in [-0.2, -0.15) is 0 Å². The molecule has 31 heavy (non-hydrogen) atoms. The van der Waals surface area contributed by atoms with Gasteiger partial charge in [0.25, 0.3) is 0 Å². The lowest BCUT2D eigenvalue weighted by atomic mass is 9.74. The molecule has 0 radical (unpaired) electrons. The van der Waals surface area contributed by atoms with Crippen LogP contribution in [0.4, 0.5) is 0 Å². The summed E-state index contributed by atoms with van der Waals surface area (Å²) in [4.78, 5) is 0. The van der Waals surface area contributed by atoms with E-state index in [0.717, 1.165) is 32.2 Å². The summed E-state index contributed by atoms with van der Waals surface area (Å²) in [6.45, 7) is 14.7. The molecule has 0 amide bonds. The number of ether oxygens (including phenoxy) is 1. The van der Waals surface area contributed by atoms with Crippen LogP contribution in [0.1, 0.15) is 72.8 Å². The summed E-state index contributed by atoms with van der Waals surface area (Å²) in [5.41, 5.74) is 0.862. The van der Waals surface area contributed by atoms with Crippen molar-refractivity contribution in [2.75, 3.05) is 27.3 Å². The van der Waals surface area contributed by atoms with E-state index in [1.807, 2.05) is 26.0 Å². The van der Waals surface area contributed by atoms with Crippen molar-refractivity contribution in [3.05, 3.63) is 29.8 Å². The molecule has 2 fully saturated rings. The van der Waals surface area contributed by atoms with E-state index in [1.54, 1.807) is 7.11 Å². The molecular formula is C26H50N2O3. The fourth-order valence-corrected chi connectivity index (χ4v) is 4.53. The van der Waals surface area contributed by atoms with E-state index >= 15 is 0 Å². The van der Waals surface area contributed by atoms with E-state index in [1.165, 1.54) is 31.4 Å². The van der Waals surface area contributed by atoms with Gasteiger partial charge in [-0.1, -0.05) is 53.7 Å². The van der Waals surface area contributed by atoms with Gasteiger partial charge in [0.1, 0.15) is 5.75 Å². The Kier molecular flexibility index (Phi) is 15.9. The zero-order valence-electron chi connectivity index (χ0n) is 21.4. The average Bonchev–Trinajstić information content (AvgIpc) is 3.51. The first-order valence-corrected chi connectivity index (χ1v) is 12.1. The Balaban J connectivity index is 0.000000502. The van der Waals surface area contributed by atoms with Crippen molar-refractivity contribution in [2.45, 2.75) is 91.3 Å². The summed E-state index contributed by atoms with van der Waals surface area (Å²) in [7, 11) is 2.70. The Morgan fingerprint density at radius 2 is 1.45 bits per heavy atom. The Bertz CT molecular complexity index is 526. The van der Waals surface area contributed by atoms with Crippen LogP contribution in [0.15, 0.2) is 24.3 Å². The normalized spacial score (nSPS) is 20.3. The molecule has 0 bridgehead atoms. The first-order chi connectivity index (χ1) is 14.9. The topological polar surface area (TPSA) is 73.8 Å². The second-order valence-corrected chi connectivity index (χ2v) is 8.69. The van der Waals surface area contributed by atoms with E-state index in [-0.39, 0.29) is 0 Å². The second-order valence-electron chi connectivity index (χ2n) is 8.69. The van der Waals surface area contributed by atoms with Crippen LogP contribution in [0, 0.1) is 11.8 Å². The van der Waals surface area contributed by atoms with Gasteiger partial charge in [0.15, 0.2) is 0 Å². The SMILES string of the molecule is CC.CC(C)C(O)(C(C)C)C1CCCN1.CO.COc1ccc(CC2CCCN2)cc1. The Labute approximate surface area is 192 Å². The molecule has 3 rings (SSSR count). The van der Waals surface area contributed by atoms with Gasteiger partial charge in [-0.15, -0.1) is 0 Å². The number of methoxy groups -OCH3 is 1. The monoisotopic (exact) mass is 438 g/mol. The maximum Gasteiger partial charge on any atom is 0.118 e. The summed E-state index contributed by atoms with van der Waals surface area (Å²) in [6.07, 6.45) is 6.09. The van der Waals surface area contributed by atoms with Crippen molar-refractivity contribution in [3.63, 3.8) is 0 Å². The van der Waals surface area contributed by atoms with E-state index in [2.05, 4.69) is 50.5 Å². The average molecular weight is 439 g/mol. The molecule has 2 aliphatic heterocycles. The first-order valence-electron chi connectivity index (χ1n) is 12.1. The Hall–Kier alpha value is -1.14. The summed E-state index contributed by atoms with van der Waals surface area (Å²) in [6, 6.07) is 9.35. The van der Waals surface area contributed by atoms with Gasteiger partial charge < -0.3 is 25.6 Å². The number of rotatable bonds is 6. The Morgan fingerprint density at radius 1 is 0.935 bits per heavy atom. The van der Waals surface area contributed by atoms with Crippen LogP contribution in [0.25, 0.3) is 0 Å². The molecule has 2 aliphatic rings. The van der Waals surface area contributed by atoms with E-state index in [9.17, 15) is 5.11 Å². The minimum Gasteiger partial charge on any atom is -0.497 e. The summed E-state index contributed by atoms with van der Waals surface area (Å²) in [5.74, 6) is 1.58. The zero-order chi connectivity index (χ0) is 23.9. The van der Waals surface area contributed by atoms with Gasteiger partial charge in [0, 0.05) is 19.2 Å². The molecule has 1 aromatic rings. The van der Waals surface area contributed by atoms with Crippen LogP contribution >= 0.6 is 0 Å². The highest BCUT2D eigenvalue weighted by Gasteiger charge is 2.43. The third kappa shape index (κ3) is 9.48. The number of nitrogens with one attached hydrogen (secondary N) is 2. The molecule has 0 spiro atoms. The van der Waals surface area contributed by atoms with Crippen LogP contribution < -0.4 is 15.4 Å². The fraction of sp³-hybridized carbons (Fsp3) is 0.769. The van der Waals surface area contributed by atoms with Gasteiger partial charge in [-0.25, -0.2) is 0 Å². The minimum absolute atomic E-state index is 0.299. The molecule has 0 aromatic heterocycles. The third-order valence-electron chi connectivity index (χ3n) is 6.27. The molecule has 2 atom stereocenters. The molecule has 182 valence electrons. The van der Waals surface area contributed by atoms with Crippen LogP contribution in [-0.2, 0) is 6.42 Å². The largest absolute Gasteiger partial charge is 0.497 e. The van der Waals surface area contributed by atoms with Crippen molar-refractivity contribution in [3.8, 4) is 5.75 Å². The van der Waals surface area contributed by atoms with E-state index in [0.29, 0.717) is 23.9 Å². The molecule has 5 heteroatoms. The minimum atomic E-state index is -0.531. The van der Waals surface area contributed by atoms with E-state index in [4.69, 9.17) is 9.84 Å². The third-order valence-corrected chi connectivity index (χ3v) is 6.27. The molecule has 5 nitrogen and oxygen atoms in total. The predicted octanol–water partition coefficient (Wildman–Crippen LogP) is 4.41. The van der Waals surface area contributed by atoms with Crippen molar-refractivity contribution in [1.29, 1.82) is 0 Å². The molecule has 2 heterocycles. The maximum absolute atomic E-state index is 10.6. The number of aliphatic hydroxyl groups is 2. The van der Waals surface area contributed by atoms with Crippen molar-refractivity contribution < 1.29 is 14.9 Å². The highest BCUT2D eigenvalue weighted by Crippen LogP contribution is 2.33. The van der Waals surface area contributed by atoms with Gasteiger partial charge in [0.05, 0.1) is 12.7 Å². The molecule has 2 unspecified atom stereocenters. The maximum atomic E-state index is 10.6. The van der Waals surface area contributed by atoms with Crippen molar-refractivity contribution in [1.82, 2.24) is 10.6 Å². The molecule has 1 aromatic carbocycles. The fourth-order valence-electron chi connectivity index (χ4n) is 4.53. The second kappa shape index (κ2) is 16.5.